The number of thiol groups is 1. The van der Waals surface area contributed by atoms with Crippen molar-refractivity contribution >= 4 is 41.3 Å². The van der Waals surface area contributed by atoms with Gasteiger partial charge in [0, 0.05) is 29.1 Å². The van der Waals surface area contributed by atoms with Gasteiger partial charge in [0.05, 0.1) is 19.3 Å². The first-order valence-electron chi connectivity index (χ1n) is 11.7. The van der Waals surface area contributed by atoms with E-state index < -0.39 is 18.2 Å². The lowest BCUT2D eigenvalue weighted by molar-refractivity contribution is -0.126. The number of nitrogens with one attached hydrogen (secondary N) is 4. The van der Waals surface area contributed by atoms with E-state index in [9.17, 15) is 19.5 Å². The van der Waals surface area contributed by atoms with Crippen LogP contribution in [-0.4, -0.2) is 65.4 Å². The van der Waals surface area contributed by atoms with Crippen LogP contribution >= 0.6 is 12.6 Å². The Morgan fingerprint density at radius 1 is 1.24 bits per heavy atom. The number of hydrogen-bond acceptors (Lipinski definition) is 6. The Labute approximate surface area is 203 Å². The first-order valence-corrected chi connectivity index (χ1v) is 12.4. The molecule has 1 aromatic carbocycles. The maximum atomic E-state index is 13.2. The van der Waals surface area contributed by atoms with Crippen molar-refractivity contribution in [2.75, 3.05) is 19.4 Å². The van der Waals surface area contributed by atoms with E-state index in [1.807, 2.05) is 18.2 Å². The van der Waals surface area contributed by atoms with Gasteiger partial charge in [0.2, 0.25) is 11.8 Å². The molecule has 34 heavy (non-hydrogen) atoms. The molecule has 9 nitrogen and oxygen atoms in total. The molecule has 1 aromatic heterocycles. The molecule has 0 radical (unpaired) electrons. The Hall–Kier alpha value is -2.72. The summed E-state index contributed by atoms with van der Waals surface area (Å²) in [4.78, 5) is 41.4. The number of rotatable bonds is 11. The van der Waals surface area contributed by atoms with Crippen LogP contribution in [0, 0.1) is 11.8 Å². The van der Waals surface area contributed by atoms with Crippen LogP contribution in [0.15, 0.2) is 24.3 Å². The lowest BCUT2D eigenvalue weighted by Gasteiger charge is -2.27. The summed E-state index contributed by atoms with van der Waals surface area (Å²) in [6.45, 7) is 0.594. The van der Waals surface area contributed by atoms with Gasteiger partial charge in [-0.3, -0.25) is 14.4 Å². The Balaban J connectivity index is 1.47. The number of H-pyrrole nitrogens is 1. The van der Waals surface area contributed by atoms with Gasteiger partial charge >= 0.3 is 0 Å². The first-order chi connectivity index (χ1) is 16.4. The fourth-order valence-electron chi connectivity index (χ4n) is 4.48. The number of benzene rings is 1. The second-order valence-electron chi connectivity index (χ2n) is 9.19. The predicted octanol–water partition coefficient (Wildman–Crippen LogP) is 1.38. The average Bonchev–Trinajstić information content (AvgIpc) is 3.39. The molecule has 0 unspecified atom stereocenters. The highest BCUT2D eigenvalue weighted by atomic mass is 32.1. The topological polar surface area (TPSA) is 133 Å². The summed E-state index contributed by atoms with van der Waals surface area (Å²) in [7, 11) is 1.57. The standard InChI is InChI=1S/C24H32N4O5S/c1-33-21-4-2-3-16-15(21)11-19(26-16)24(32)28-18(9-13-5-6-13)23(31)27-17(20(29)12-34)10-14-7-8-25-22(14)30/h2-4,11,13-14,17-18,20,26,29,34H,5-10,12H2,1H3,(H,25,30)(H,27,31)(H,28,32)/t14-,17-,18-,20-/m0/s1. The molecule has 4 atom stereocenters. The fourth-order valence-corrected chi connectivity index (χ4v) is 4.74. The number of ether oxygens (including phenoxy) is 1. The van der Waals surface area contributed by atoms with Crippen LogP contribution in [0.1, 0.15) is 42.6 Å². The number of carbonyl (C=O) groups excluding carboxylic acids is 3. The molecule has 1 saturated heterocycles. The van der Waals surface area contributed by atoms with Gasteiger partial charge in [-0.2, -0.15) is 12.6 Å². The van der Waals surface area contributed by atoms with Crippen LogP contribution in [0.3, 0.4) is 0 Å². The van der Waals surface area contributed by atoms with Gasteiger partial charge in [-0.05, 0) is 43.4 Å². The molecule has 5 N–H and O–H groups in total. The van der Waals surface area contributed by atoms with E-state index in [-0.39, 0.29) is 29.4 Å². The Morgan fingerprint density at radius 3 is 2.68 bits per heavy atom. The molecular weight excluding hydrogens is 456 g/mol. The highest BCUT2D eigenvalue weighted by molar-refractivity contribution is 7.80. The smallest absolute Gasteiger partial charge is 0.268 e. The molecule has 1 saturated carbocycles. The van der Waals surface area contributed by atoms with Gasteiger partial charge in [-0.1, -0.05) is 18.9 Å². The highest BCUT2D eigenvalue weighted by Crippen LogP contribution is 2.34. The lowest BCUT2D eigenvalue weighted by Crippen LogP contribution is -2.53. The van der Waals surface area contributed by atoms with Crippen LogP contribution in [0.2, 0.25) is 0 Å². The minimum Gasteiger partial charge on any atom is -0.496 e. The Kier molecular flexibility index (Phi) is 7.67. The lowest BCUT2D eigenvalue weighted by atomic mass is 9.95. The molecule has 2 aliphatic rings. The molecule has 1 aliphatic heterocycles. The second-order valence-corrected chi connectivity index (χ2v) is 9.55. The zero-order chi connectivity index (χ0) is 24.2. The number of fused-ring (bicyclic) bond motifs is 1. The summed E-state index contributed by atoms with van der Waals surface area (Å²) in [5.74, 6) is 0.0990. The van der Waals surface area contributed by atoms with Gasteiger partial charge in [0.1, 0.15) is 17.5 Å². The predicted molar refractivity (Wildman–Crippen MR) is 131 cm³/mol. The van der Waals surface area contributed by atoms with Crippen LogP contribution in [0.25, 0.3) is 10.9 Å². The van der Waals surface area contributed by atoms with Crippen LogP contribution in [-0.2, 0) is 9.59 Å². The maximum absolute atomic E-state index is 13.2. The van der Waals surface area contributed by atoms with Gasteiger partial charge in [0.15, 0.2) is 0 Å². The summed E-state index contributed by atoms with van der Waals surface area (Å²) >= 11 is 4.17. The third-order valence-corrected chi connectivity index (χ3v) is 7.03. The molecule has 2 fully saturated rings. The summed E-state index contributed by atoms with van der Waals surface area (Å²) in [5.41, 5.74) is 1.10. The van der Waals surface area contributed by atoms with Gasteiger partial charge < -0.3 is 30.8 Å². The van der Waals surface area contributed by atoms with E-state index in [0.717, 1.165) is 23.7 Å². The van der Waals surface area contributed by atoms with E-state index in [1.54, 1.807) is 13.2 Å². The Bertz CT molecular complexity index is 1050. The molecule has 3 amide bonds. The van der Waals surface area contributed by atoms with E-state index in [1.165, 1.54) is 0 Å². The molecule has 2 heterocycles. The van der Waals surface area contributed by atoms with Crippen molar-refractivity contribution in [2.24, 2.45) is 11.8 Å². The van der Waals surface area contributed by atoms with Gasteiger partial charge in [-0.25, -0.2) is 0 Å². The van der Waals surface area contributed by atoms with Crippen LogP contribution in [0.4, 0.5) is 0 Å². The second kappa shape index (κ2) is 10.7. The zero-order valence-electron chi connectivity index (χ0n) is 19.2. The van der Waals surface area contributed by atoms with Crippen LogP contribution < -0.4 is 20.7 Å². The van der Waals surface area contributed by atoms with Crippen molar-refractivity contribution in [3.05, 3.63) is 30.0 Å². The number of methoxy groups -OCH3 is 1. The molecule has 0 spiro atoms. The molecule has 0 bridgehead atoms. The number of carbonyl (C=O) groups is 3. The van der Waals surface area contributed by atoms with E-state index in [0.29, 0.717) is 43.2 Å². The average molecular weight is 489 g/mol. The van der Waals surface area contributed by atoms with Crippen molar-refractivity contribution in [3.8, 4) is 5.75 Å². The van der Waals surface area contributed by atoms with E-state index >= 15 is 0 Å². The number of amides is 3. The third kappa shape index (κ3) is 5.67. The van der Waals surface area contributed by atoms with Crippen molar-refractivity contribution in [1.29, 1.82) is 0 Å². The monoisotopic (exact) mass is 488 g/mol. The largest absolute Gasteiger partial charge is 0.496 e. The van der Waals surface area contributed by atoms with Crippen molar-refractivity contribution in [2.45, 2.75) is 50.3 Å². The molecule has 10 heteroatoms. The van der Waals surface area contributed by atoms with Crippen LogP contribution in [0.5, 0.6) is 5.75 Å². The molecule has 4 rings (SSSR count). The highest BCUT2D eigenvalue weighted by Gasteiger charge is 2.35. The van der Waals surface area contributed by atoms with E-state index in [4.69, 9.17) is 4.74 Å². The van der Waals surface area contributed by atoms with Crippen molar-refractivity contribution < 1.29 is 24.2 Å². The number of aliphatic hydroxyl groups excluding tert-OH is 1. The Morgan fingerprint density at radius 2 is 2.03 bits per heavy atom. The SMILES string of the molecule is COc1cccc2[nH]c(C(=O)N[C@@H](CC3CC3)C(=O)N[C@@H](C[C@@H]3CCNC3=O)[C@@H](O)CS)cc12. The minimum atomic E-state index is -0.904. The molecule has 1 aliphatic carbocycles. The van der Waals surface area contributed by atoms with Gasteiger partial charge in [0.25, 0.3) is 5.91 Å². The fraction of sp³-hybridized carbons (Fsp3) is 0.542. The number of hydrogen-bond donors (Lipinski definition) is 6. The minimum absolute atomic E-state index is 0.0670. The molecule has 2 aromatic rings. The molecular formula is C24H32N4O5S. The quantitative estimate of drug-likeness (QED) is 0.266. The van der Waals surface area contributed by atoms with E-state index in [2.05, 4.69) is 33.6 Å². The summed E-state index contributed by atoms with van der Waals surface area (Å²) in [6.07, 6.45) is 2.65. The molecule has 184 valence electrons. The zero-order valence-corrected chi connectivity index (χ0v) is 20.1. The van der Waals surface area contributed by atoms with Gasteiger partial charge in [-0.15, -0.1) is 0 Å². The summed E-state index contributed by atoms with van der Waals surface area (Å²) in [5, 5.41) is 19.8. The normalized spacial score (nSPS) is 20.4. The van der Waals surface area contributed by atoms with Crippen molar-refractivity contribution in [1.82, 2.24) is 20.9 Å². The maximum Gasteiger partial charge on any atom is 0.268 e. The number of aromatic nitrogens is 1. The summed E-state index contributed by atoms with van der Waals surface area (Å²) in [6, 6.07) is 5.84. The van der Waals surface area contributed by atoms with Crippen molar-refractivity contribution in [3.63, 3.8) is 0 Å². The number of aliphatic hydroxyl groups is 1. The first kappa shape index (κ1) is 24.4. The third-order valence-electron chi connectivity index (χ3n) is 6.66. The number of aromatic amines is 1. The summed E-state index contributed by atoms with van der Waals surface area (Å²) < 4.78 is 5.37.